The lowest BCUT2D eigenvalue weighted by Crippen LogP contribution is -2.17. The fourth-order valence-electron chi connectivity index (χ4n) is 2.11. The molecule has 1 heterocycles. The molecule has 8 nitrogen and oxygen atoms in total. The molecule has 2 rings (SSSR count). The first kappa shape index (κ1) is 21.0. The fourth-order valence-corrected chi connectivity index (χ4v) is 2.11. The number of ether oxygens (including phenoxy) is 3. The number of benzene rings is 1. The van der Waals surface area contributed by atoms with Crippen molar-refractivity contribution < 1.29 is 19.0 Å². The van der Waals surface area contributed by atoms with Gasteiger partial charge in [-0.3, -0.25) is 4.79 Å². The van der Waals surface area contributed by atoms with Crippen LogP contribution in [0.2, 0.25) is 0 Å². The molecule has 0 radical (unpaired) electrons. The quantitative estimate of drug-likeness (QED) is 0.250. The summed E-state index contributed by atoms with van der Waals surface area (Å²) in [7, 11) is 3.00. The molecule has 1 aromatic heterocycles. The minimum atomic E-state index is -0.739. The zero-order valence-corrected chi connectivity index (χ0v) is 15.4. The van der Waals surface area contributed by atoms with Gasteiger partial charge in [0.1, 0.15) is 0 Å². The topological polar surface area (TPSA) is 108 Å². The third kappa shape index (κ3) is 5.82. The molecule has 140 valence electrons. The number of nitrogens with zero attached hydrogens (tertiary/aromatic N) is 2. The highest BCUT2D eigenvalue weighted by molar-refractivity contribution is 5.85. The number of nitrogens with two attached hydrogens (primary N) is 1. The second kappa shape index (κ2) is 10.1. The van der Waals surface area contributed by atoms with Crippen LogP contribution in [0.5, 0.6) is 11.8 Å². The molecular weight excluding hydrogens is 360 g/mol. The number of esters is 1. The van der Waals surface area contributed by atoms with Crippen LogP contribution < -0.4 is 20.6 Å². The Kier molecular flexibility index (Phi) is 8.17. The summed E-state index contributed by atoms with van der Waals surface area (Å²) in [5.41, 5.74) is 2.23. The smallest absolute Gasteiger partial charge is 0.304 e. The number of hydrogen-bond acceptors (Lipinski definition) is 8. The van der Waals surface area contributed by atoms with E-state index < -0.39 is 12.2 Å². The molecule has 3 N–H and O–H groups in total. The Morgan fingerprint density at radius 1 is 1.19 bits per heavy atom. The highest BCUT2D eigenvalue weighted by Gasteiger charge is 2.18. The monoisotopic (exact) mass is 380 g/mol. The molecule has 1 aromatic carbocycles. The molecule has 1 atom stereocenters. The number of aromatic nitrogens is 1. The van der Waals surface area contributed by atoms with Crippen LogP contribution in [0.25, 0.3) is 0 Å². The van der Waals surface area contributed by atoms with Crippen molar-refractivity contribution in [2.75, 3.05) is 19.5 Å². The van der Waals surface area contributed by atoms with Crippen molar-refractivity contribution in [2.45, 2.75) is 13.2 Å². The second-order valence-corrected chi connectivity index (χ2v) is 5.02. The summed E-state index contributed by atoms with van der Waals surface area (Å²) < 4.78 is 15.7. The summed E-state index contributed by atoms with van der Waals surface area (Å²) in [6, 6.07) is 10.6. The standard InChI is InChI=1S/C17H20N4O4.ClH/c1-11(22)25-17(13-8-15(23-2)21-16(9-13)24-3)20-14-6-4-12(5-7-14)10-19-18;/h4-10,17,20H,18H2,1-3H3;1H. The highest BCUT2D eigenvalue weighted by atomic mass is 35.5. The summed E-state index contributed by atoms with van der Waals surface area (Å²) in [6.07, 6.45) is 0.795. The first-order valence-electron chi connectivity index (χ1n) is 7.42. The number of anilines is 1. The van der Waals surface area contributed by atoms with Gasteiger partial charge in [0.25, 0.3) is 0 Å². The van der Waals surface area contributed by atoms with E-state index in [0.29, 0.717) is 17.3 Å². The summed E-state index contributed by atoms with van der Waals surface area (Å²) in [6.45, 7) is 1.34. The number of hydrogen-bond donors (Lipinski definition) is 2. The highest BCUT2D eigenvalue weighted by Crippen LogP contribution is 2.27. The summed E-state index contributed by atoms with van der Waals surface area (Å²) >= 11 is 0. The van der Waals surface area contributed by atoms with E-state index in [9.17, 15) is 4.79 Å². The number of halogens is 1. The first-order chi connectivity index (χ1) is 12.0. The molecule has 0 amide bonds. The number of carbonyl (C=O) groups excluding carboxylic acids is 1. The van der Waals surface area contributed by atoms with E-state index in [-0.39, 0.29) is 12.4 Å². The van der Waals surface area contributed by atoms with Gasteiger partial charge in [0.15, 0.2) is 6.23 Å². The zero-order valence-electron chi connectivity index (χ0n) is 14.6. The van der Waals surface area contributed by atoms with E-state index in [2.05, 4.69) is 15.4 Å². The Hall–Kier alpha value is -3.00. The SMILES string of the molecule is COc1cc(C(Nc2ccc(C=NN)cc2)OC(C)=O)cc(OC)n1.Cl. The molecule has 9 heteroatoms. The average Bonchev–Trinajstić information content (AvgIpc) is 2.62. The number of hydrazone groups is 1. The van der Waals surface area contributed by atoms with Crippen LogP contribution in [0, 0.1) is 0 Å². The lowest BCUT2D eigenvalue weighted by Gasteiger charge is -2.21. The van der Waals surface area contributed by atoms with E-state index >= 15 is 0 Å². The molecular formula is C17H21ClN4O4. The van der Waals surface area contributed by atoms with Crippen molar-refractivity contribution in [2.24, 2.45) is 10.9 Å². The van der Waals surface area contributed by atoms with Crippen LogP contribution in [-0.4, -0.2) is 31.4 Å². The summed E-state index contributed by atoms with van der Waals surface area (Å²) in [5, 5.41) is 6.61. The van der Waals surface area contributed by atoms with Crippen molar-refractivity contribution in [3.63, 3.8) is 0 Å². The van der Waals surface area contributed by atoms with Crippen molar-refractivity contribution in [1.82, 2.24) is 4.98 Å². The minimum absolute atomic E-state index is 0. The van der Waals surface area contributed by atoms with E-state index in [1.807, 2.05) is 24.3 Å². The van der Waals surface area contributed by atoms with Crippen LogP contribution in [0.15, 0.2) is 41.5 Å². The molecule has 0 fully saturated rings. The lowest BCUT2D eigenvalue weighted by molar-refractivity contribution is -0.145. The largest absolute Gasteiger partial charge is 0.481 e. The summed E-state index contributed by atoms with van der Waals surface area (Å²) in [5.74, 6) is 5.40. The Morgan fingerprint density at radius 3 is 2.23 bits per heavy atom. The molecule has 0 saturated carbocycles. The fraction of sp³-hybridized carbons (Fsp3) is 0.235. The number of rotatable bonds is 7. The average molecular weight is 381 g/mol. The zero-order chi connectivity index (χ0) is 18.2. The van der Waals surface area contributed by atoms with Crippen LogP contribution in [-0.2, 0) is 9.53 Å². The summed E-state index contributed by atoms with van der Waals surface area (Å²) in [4.78, 5) is 15.6. The van der Waals surface area contributed by atoms with Gasteiger partial charge in [-0.2, -0.15) is 10.1 Å². The molecule has 1 unspecified atom stereocenters. The number of nitrogens with one attached hydrogen (secondary N) is 1. The van der Waals surface area contributed by atoms with Gasteiger partial charge in [0.2, 0.25) is 11.8 Å². The Balaban J connectivity index is 0.00000338. The predicted molar refractivity (Wildman–Crippen MR) is 101 cm³/mol. The van der Waals surface area contributed by atoms with E-state index in [0.717, 1.165) is 11.3 Å². The molecule has 0 aliphatic rings. The maximum absolute atomic E-state index is 11.5. The molecule has 2 aromatic rings. The number of methoxy groups -OCH3 is 2. The lowest BCUT2D eigenvalue weighted by atomic mass is 10.2. The molecule has 0 bridgehead atoms. The van der Waals surface area contributed by atoms with E-state index in [1.165, 1.54) is 27.4 Å². The van der Waals surface area contributed by atoms with E-state index in [4.69, 9.17) is 20.1 Å². The van der Waals surface area contributed by atoms with Gasteiger partial charge >= 0.3 is 5.97 Å². The maximum atomic E-state index is 11.5. The molecule has 0 aliphatic carbocycles. The van der Waals surface area contributed by atoms with E-state index in [1.54, 1.807) is 12.1 Å². The Morgan fingerprint density at radius 2 is 1.77 bits per heavy atom. The number of carbonyl (C=O) groups is 1. The van der Waals surface area contributed by atoms with Gasteiger partial charge in [-0.05, 0) is 17.7 Å². The molecule has 0 aliphatic heterocycles. The Bertz CT molecular complexity index is 731. The van der Waals surface area contributed by atoms with Gasteiger partial charge < -0.3 is 25.4 Å². The number of pyridine rings is 1. The van der Waals surface area contributed by atoms with Gasteiger partial charge in [-0.15, -0.1) is 12.4 Å². The van der Waals surface area contributed by atoms with Crippen molar-refractivity contribution in [3.05, 3.63) is 47.5 Å². The normalized spacial score (nSPS) is 11.3. The Labute approximate surface area is 157 Å². The van der Waals surface area contributed by atoms with Crippen LogP contribution in [0.3, 0.4) is 0 Å². The predicted octanol–water partition coefficient (Wildman–Crippen LogP) is 2.49. The van der Waals surface area contributed by atoms with Crippen molar-refractivity contribution in [3.8, 4) is 11.8 Å². The van der Waals surface area contributed by atoms with Crippen molar-refractivity contribution in [1.29, 1.82) is 0 Å². The first-order valence-corrected chi connectivity index (χ1v) is 7.42. The third-order valence-electron chi connectivity index (χ3n) is 3.24. The molecule has 26 heavy (non-hydrogen) atoms. The molecule has 0 spiro atoms. The van der Waals surface area contributed by atoms with Crippen LogP contribution >= 0.6 is 12.4 Å². The van der Waals surface area contributed by atoms with Gasteiger partial charge in [-0.25, -0.2) is 0 Å². The van der Waals surface area contributed by atoms with Gasteiger partial charge in [0, 0.05) is 30.3 Å². The van der Waals surface area contributed by atoms with Crippen molar-refractivity contribution >= 4 is 30.3 Å². The second-order valence-electron chi connectivity index (χ2n) is 5.02. The van der Waals surface area contributed by atoms with Gasteiger partial charge in [0.05, 0.1) is 20.4 Å². The minimum Gasteiger partial charge on any atom is -0.481 e. The van der Waals surface area contributed by atoms with Gasteiger partial charge in [-0.1, -0.05) is 12.1 Å². The maximum Gasteiger partial charge on any atom is 0.304 e. The van der Waals surface area contributed by atoms with Crippen LogP contribution in [0.1, 0.15) is 24.3 Å². The van der Waals surface area contributed by atoms with Crippen LogP contribution in [0.4, 0.5) is 5.69 Å². The third-order valence-corrected chi connectivity index (χ3v) is 3.24. The molecule has 0 saturated heterocycles.